The van der Waals surface area contributed by atoms with Crippen LogP contribution in [-0.2, 0) is 17.8 Å². The first-order valence-electron chi connectivity index (χ1n) is 4.40. The Kier molecular flexibility index (Phi) is 3.73. The maximum atomic E-state index is 12.5. The van der Waals surface area contributed by atoms with Crippen molar-refractivity contribution in [3.8, 4) is 0 Å². The minimum Gasteiger partial charge on any atom is -0.481 e. The van der Waals surface area contributed by atoms with Gasteiger partial charge in [0, 0.05) is 12.6 Å². The molecule has 0 radical (unpaired) electrons. The van der Waals surface area contributed by atoms with Crippen molar-refractivity contribution in [2.24, 2.45) is 5.73 Å². The highest BCUT2D eigenvalue weighted by atomic mass is 19.3. The van der Waals surface area contributed by atoms with Gasteiger partial charge in [-0.25, -0.2) is 8.78 Å². The maximum Gasteiger partial charge on any atom is 0.307 e. The minimum absolute atomic E-state index is 0.0167. The van der Waals surface area contributed by atoms with Gasteiger partial charge in [0.25, 0.3) is 6.43 Å². The fourth-order valence-corrected chi connectivity index (χ4v) is 1.41. The summed E-state index contributed by atoms with van der Waals surface area (Å²) in [4.78, 5) is 23.5. The zero-order valence-corrected chi connectivity index (χ0v) is 8.17. The van der Waals surface area contributed by atoms with Crippen LogP contribution in [-0.4, -0.2) is 16.1 Å². The number of halogens is 2. The highest BCUT2D eigenvalue weighted by Crippen LogP contribution is 2.21. The van der Waals surface area contributed by atoms with E-state index in [1.54, 1.807) is 0 Å². The summed E-state index contributed by atoms with van der Waals surface area (Å²) in [6, 6.07) is 0.974. The summed E-state index contributed by atoms with van der Waals surface area (Å²) in [6.07, 6.45) is -3.39. The summed E-state index contributed by atoms with van der Waals surface area (Å²) in [5.41, 5.74) is 3.91. The molecule has 0 unspecified atom stereocenters. The van der Waals surface area contributed by atoms with Crippen LogP contribution in [0, 0.1) is 0 Å². The van der Waals surface area contributed by atoms with Gasteiger partial charge in [0.2, 0.25) is 5.56 Å². The van der Waals surface area contributed by atoms with Gasteiger partial charge in [-0.05, 0) is 11.1 Å². The largest absolute Gasteiger partial charge is 0.481 e. The number of aromatic amines is 1. The normalized spacial score (nSPS) is 10.8. The van der Waals surface area contributed by atoms with Gasteiger partial charge in [0.05, 0.1) is 12.1 Å². The van der Waals surface area contributed by atoms with Crippen LogP contribution in [0.1, 0.15) is 23.2 Å². The van der Waals surface area contributed by atoms with E-state index in [-0.39, 0.29) is 17.7 Å². The Hall–Kier alpha value is -1.76. The molecule has 0 saturated carbocycles. The maximum absolute atomic E-state index is 12.5. The number of carbonyl (C=O) groups is 1. The standard InChI is InChI=1S/C9H10F2N2O3/c10-9(11)8-5(3-12)4(2-7(15)16)1-6(14)13-8/h1,9H,2-3,12H2,(H,13,14)(H,15,16). The van der Waals surface area contributed by atoms with Crippen LogP contribution >= 0.6 is 0 Å². The van der Waals surface area contributed by atoms with Crippen molar-refractivity contribution in [2.45, 2.75) is 19.4 Å². The van der Waals surface area contributed by atoms with Crippen LogP contribution in [0.5, 0.6) is 0 Å². The van der Waals surface area contributed by atoms with Gasteiger partial charge in [-0.1, -0.05) is 0 Å². The number of carboxylic acid groups (broad SMARTS) is 1. The second-order valence-corrected chi connectivity index (χ2v) is 3.13. The molecule has 1 aromatic heterocycles. The summed E-state index contributed by atoms with van der Waals surface area (Å²) in [6.45, 7) is -0.251. The van der Waals surface area contributed by atoms with E-state index in [0.717, 1.165) is 6.07 Å². The first-order chi connectivity index (χ1) is 7.45. The van der Waals surface area contributed by atoms with Gasteiger partial charge >= 0.3 is 5.97 Å². The average molecular weight is 232 g/mol. The van der Waals surface area contributed by atoms with Gasteiger partial charge in [0.15, 0.2) is 0 Å². The topological polar surface area (TPSA) is 96.2 Å². The lowest BCUT2D eigenvalue weighted by atomic mass is 10.0. The number of hydrogen-bond acceptors (Lipinski definition) is 3. The van der Waals surface area contributed by atoms with Gasteiger partial charge in [-0.3, -0.25) is 9.59 Å². The van der Waals surface area contributed by atoms with E-state index < -0.39 is 30.1 Å². The molecular weight excluding hydrogens is 222 g/mol. The molecular formula is C9H10F2N2O3. The van der Waals surface area contributed by atoms with E-state index in [9.17, 15) is 18.4 Å². The molecule has 7 heteroatoms. The number of alkyl halides is 2. The Bertz CT molecular complexity index is 457. The van der Waals surface area contributed by atoms with Gasteiger partial charge in [-0.2, -0.15) is 0 Å². The summed E-state index contributed by atoms with van der Waals surface area (Å²) in [5, 5.41) is 8.57. The quantitative estimate of drug-likeness (QED) is 0.700. The van der Waals surface area contributed by atoms with Crippen LogP contribution < -0.4 is 11.3 Å². The van der Waals surface area contributed by atoms with Crippen molar-refractivity contribution < 1.29 is 18.7 Å². The predicted octanol–water partition coefficient (Wildman–Crippen LogP) is 0.398. The van der Waals surface area contributed by atoms with Gasteiger partial charge in [0.1, 0.15) is 0 Å². The monoisotopic (exact) mass is 232 g/mol. The molecule has 0 aliphatic heterocycles. The number of aliphatic carboxylic acids is 1. The van der Waals surface area contributed by atoms with Crippen molar-refractivity contribution >= 4 is 5.97 Å². The Labute approximate surface area is 88.9 Å². The number of H-pyrrole nitrogens is 1. The molecule has 0 aromatic carbocycles. The fourth-order valence-electron chi connectivity index (χ4n) is 1.41. The van der Waals surface area contributed by atoms with E-state index >= 15 is 0 Å². The Morgan fingerprint density at radius 1 is 1.56 bits per heavy atom. The van der Waals surface area contributed by atoms with E-state index in [4.69, 9.17) is 10.8 Å². The summed E-state index contributed by atoms with van der Waals surface area (Å²) in [7, 11) is 0. The van der Waals surface area contributed by atoms with Crippen LogP contribution in [0.25, 0.3) is 0 Å². The molecule has 1 heterocycles. The number of carboxylic acids is 1. The second-order valence-electron chi connectivity index (χ2n) is 3.13. The van der Waals surface area contributed by atoms with Crippen LogP contribution in [0.15, 0.2) is 10.9 Å². The molecule has 0 spiro atoms. The van der Waals surface area contributed by atoms with E-state index in [1.807, 2.05) is 4.98 Å². The smallest absolute Gasteiger partial charge is 0.307 e. The number of rotatable bonds is 4. The Morgan fingerprint density at radius 3 is 2.62 bits per heavy atom. The minimum atomic E-state index is -2.89. The number of hydrogen-bond donors (Lipinski definition) is 3. The molecule has 0 bridgehead atoms. The lowest BCUT2D eigenvalue weighted by Gasteiger charge is -2.10. The van der Waals surface area contributed by atoms with Crippen molar-refractivity contribution in [1.82, 2.24) is 4.98 Å². The molecule has 0 amide bonds. The predicted molar refractivity (Wildman–Crippen MR) is 51.3 cm³/mol. The number of aromatic nitrogens is 1. The third kappa shape index (κ3) is 2.63. The number of pyridine rings is 1. The molecule has 5 nitrogen and oxygen atoms in total. The van der Waals surface area contributed by atoms with Crippen molar-refractivity contribution in [2.75, 3.05) is 0 Å². The van der Waals surface area contributed by atoms with Crippen molar-refractivity contribution in [3.05, 3.63) is 33.2 Å². The van der Waals surface area contributed by atoms with Crippen LogP contribution in [0.4, 0.5) is 8.78 Å². The van der Waals surface area contributed by atoms with E-state index in [2.05, 4.69) is 0 Å². The van der Waals surface area contributed by atoms with Gasteiger partial charge < -0.3 is 15.8 Å². The first-order valence-corrected chi connectivity index (χ1v) is 4.40. The lowest BCUT2D eigenvalue weighted by molar-refractivity contribution is -0.136. The summed E-state index contributed by atoms with van der Waals surface area (Å²) < 4.78 is 25.1. The molecule has 0 saturated heterocycles. The third-order valence-electron chi connectivity index (χ3n) is 2.04. The average Bonchev–Trinajstić information content (AvgIpc) is 2.15. The van der Waals surface area contributed by atoms with Gasteiger partial charge in [-0.15, -0.1) is 0 Å². The molecule has 1 rings (SSSR count). The molecule has 16 heavy (non-hydrogen) atoms. The number of nitrogens with two attached hydrogens (primary N) is 1. The lowest BCUT2D eigenvalue weighted by Crippen LogP contribution is -2.18. The summed E-state index contributed by atoms with van der Waals surface area (Å²) in [5.74, 6) is -1.21. The fraction of sp³-hybridized carbons (Fsp3) is 0.333. The van der Waals surface area contributed by atoms with Crippen LogP contribution in [0.3, 0.4) is 0 Å². The highest BCUT2D eigenvalue weighted by molar-refractivity contribution is 5.70. The molecule has 0 atom stereocenters. The first kappa shape index (κ1) is 12.3. The number of nitrogens with one attached hydrogen (secondary N) is 1. The van der Waals surface area contributed by atoms with Crippen molar-refractivity contribution in [1.29, 1.82) is 0 Å². The molecule has 0 aliphatic rings. The zero-order chi connectivity index (χ0) is 12.3. The molecule has 1 aromatic rings. The highest BCUT2D eigenvalue weighted by Gasteiger charge is 2.18. The van der Waals surface area contributed by atoms with E-state index in [1.165, 1.54) is 0 Å². The Morgan fingerprint density at radius 2 is 2.19 bits per heavy atom. The third-order valence-corrected chi connectivity index (χ3v) is 2.04. The van der Waals surface area contributed by atoms with E-state index in [0.29, 0.717) is 0 Å². The molecule has 88 valence electrons. The Balaban J connectivity index is 3.35. The molecule has 0 fully saturated rings. The summed E-state index contributed by atoms with van der Waals surface area (Å²) >= 11 is 0. The zero-order valence-electron chi connectivity index (χ0n) is 8.17. The van der Waals surface area contributed by atoms with Crippen LogP contribution in [0.2, 0.25) is 0 Å². The SMILES string of the molecule is NCc1c(CC(=O)O)cc(=O)[nH]c1C(F)F. The van der Waals surface area contributed by atoms with Crippen molar-refractivity contribution in [3.63, 3.8) is 0 Å². The second kappa shape index (κ2) is 4.84. The molecule has 0 aliphatic carbocycles. The molecule has 4 N–H and O–H groups in total.